The molecule has 130 valence electrons. The molecule has 7 nitrogen and oxygen atoms in total. The second kappa shape index (κ2) is 5.60. The van der Waals surface area contributed by atoms with Crippen LogP contribution in [-0.2, 0) is 0 Å². The molecular formula is C19H15N3O4. The Bertz CT molecular complexity index is 837. The standard InChI is InChI=1S/C19H15N3O4/c1-20(2)19(21-15(23)11-7-3-4-8-12(11)16(21)24)22-17(25)13-9-5-6-10-14(13)18(22)26/h3-10,19H,1-2H3. The summed E-state index contributed by atoms with van der Waals surface area (Å²) in [6.45, 7) is 0. The lowest BCUT2D eigenvalue weighted by Crippen LogP contribution is -2.59. The Kier molecular flexibility index (Phi) is 3.48. The van der Waals surface area contributed by atoms with Crippen molar-refractivity contribution >= 4 is 23.6 Å². The summed E-state index contributed by atoms with van der Waals surface area (Å²) in [4.78, 5) is 54.7. The zero-order valence-corrected chi connectivity index (χ0v) is 14.2. The molecule has 0 aliphatic carbocycles. The van der Waals surface area contributed by atoms with E-state index in [1.165, 1.54) is 4.90 Å². The maximum absolute atomic E-state index is 12.8. The highest BCUT2D eigenvalue weighted by molar-refractivity contribution is 6.24. The molecule has 4 rings (SSSR count). The fourth-order valence-electron chi connectivity index (χ4n) is 3.41. The van der Waals surface area contributed by atoms with E-state index in [0.717, 1.165) is 9.80 Å². The van der Waals surface area contributed by atoms with Crippen molar-refractivity contribution in [2.45, 2.75) is 6.29 Å². The van der Waals surface area contributed by atoms with E-state index < -0.39 is 29.9 Å². The number of amides is 4. The summed E-state index contributed by atoms with van der Waals surface area (Å²) in [5.41, 5.74) is 1.06. The summed E-state index contributed by atoms with van der Waals surface area (Å²) in [5, 5.41) is 0. The average Bonchev–Trinajstić information content (AvgIpc) is 3.03. The molecule has 7 heteroatoms. The first-order valence-corrected chi connectivity index (χ1v) is 8.03. The maximum Gasteiger partial charge on any atom is 0.264 e. The van der Waals surface area contributed by atoms with Crippen LogP contribution in [-0.4, -0.2) is 58.7 Å². The molecule has 0 saturated heterocycles. The third kappa shape index (κ3) is 2.04. The molecule has 2 aliphatic rings. The first-order valence-electron chi connectivity index (χ1n) is 8.03. The van der Waals surface area contributed by atoms with Crippen molar-refractivity contribution in [2.24, 2.45) is 0 Å². The third-order valence-corrected chi connectivity index (χ3v) is 4.57. The van der Waals surface area contributed by atoms with Crippen LogP contribution in [0.4, 0.5) is 0 Å². The van der Waals surface area contributed by atoms with Crippen LogP contribution in [0.25, 0.3) is 0 Å². The van der Waals surface area contributed by atoms with Gasteiger partial charge in [0.1, 0.15) is 0 Å². The molecule has 0 saturated carbocycles. The van der Waals surface area contributed by atoms with Crippen LogP contribution in [0, 0.1) is 0 Å². The predicted molar refractivity (Wildman–Crippen MR) is 91.4 cm³/mol. The van der Waals surface area contributed by atoms with Crippen molar-refractivity contribution in [3.8, 4) is 0 Å². The number of carbonyl (C=O) groups excluding carboxylic acids is 4. The minimum absolute atomic E-state index is 0.265. The van der Waals surface area contributed by atoms with Gasteiger partial charge in [0.25, 0.3) is 23.6 Å². The molecule has 2 aliphatic heterocycles. The van der Waals surface area contributed by atoms with Gasteiger partial charge in [0.15, 0.2) is 6.29 Å². The first-order chi connectivity index (χ1) is 12.4. The van der Waals surface area contributed by atoms with Crippen LogP contribution < -0.4 is 0 Å². The van der Waals surface area contributed by atoms with Gasteiger partial charge >= 0.3 is 0 Å². The topological polar surface area (TPSA) is 78.0 Å². The van der Waals surface area contributed by atoms with E-state index in [2.05, 4.69) is 0 Å². The Morgan fingerprint density at radius 1 is 0.615 bits per heavy atom. The Morgan fingerprint density at radius 2 is 0.885 bits per heavy atom. The number of hydrogen-bond acceptors (Lipinski definition) is 5. The minimum Gasteiger partial charge on any atom is -0.271 e. The summed E-state index contributed by atoms with van der Waals surface area (Å²) in [5.74, 6) is -2.11. The van der Waals surface area contributed by atoms with Gasteiger partial charge in [0.05, 0.1) is 22.3 Å². The van der Waals surface area contributed by atoms with E-state index >= 15 is 0 Å². The molecule has 26 heavy (non-hydrogen) atoms. The Morgan fingerprint density at radius 3 is 1.12 bits per heavy atom. The molecule has 4 amide bonds. The number of fused-ring (bicyclic) bond motifs is 2. The lowest BCUT2D eigenvalue weighted by atomic mass is 10.1. The monoisotopic (exact) mass is 349 g/mol. The van der Waals surface area contributed by atoms with E-state index in [4.69, 9.17) is 0 Å². The maximum atomic E-state index is 12.8. The van der Waals surface area contributed by atoms with Crippen LogP contribution in [0.5, 0.6) is 0 Å². The van der Waals surface area contributed by atoms with Crippen molar-refractivity contribution in [2.75, 3.05) is 14.1 Å². The molecule has 0 radical (unpaired) electrons. The second-order valence-corrected chi connectivity index (χ2v) is 6.36. The quantitative estimate of drug-likeness (QED) is 0.783. The van der Waals surface area contributed by atoms with Crippen molar-refractivity contribution in [1.82, 2.24) is 14.7 Å². The molecule has 0 N–H and O–H groups in total. The molecular weight excluding hydrogens is 334 g/mol. The number of benzene rings is 2. The van der Waals surface area contributed by atoms with E-state index in [-0.39, 0.29) is 22.3 Å². The molecule has 2 aromatic carbocycles. The fourth-order valence-corrected chi connectivity index (χ4v) is 3.41. The van der Waals surface area contributed by atoms with Gasteiger partial charge in [-0.3, -0.25) is 24.1 Å². The van der Waals surface area contributed by atoms with Crippen LogP contribution in [0.3, 0.4) is 0 Å². The fraction of sp³-hybridized carbons (Fsp3) is 0.158. The minimum atomic E-state index is -1.14. The van der Waals surface area contributed by atoms with Crippen LogP contribution >= 0.6 is 0 Å². The molecule has 2 heterocycles. The van der Waals surface area contributed by atoms with Gasteiger partial charge < -0.3 is 0 Å². The Hall–Kier alpha value is -3.32. The van der Waals surface area contributed by atoms with Crippen molar-refractivity contribution in [3.63, 3.8) is 0 Å². The van der Waals surface area contributed by atoms with Gasteiger partial charge in [-0.2, -0.15) is 0 Å². The van der Waals surface area contributed by atoms with Crippen molar-refractivity contribution in [3.05, 3.63) is 70.8 Å². The highest BCUT2D eigenvalue weighted by Crippen LogP contribution is 2.31. The summed E-state index contributed by atoms with van der Waals surface area (Å²) >= 11 is 0. The van der Waals surface area contributed by atoms with Crippen molar-refractivity contribution < 1.29 is 19.2 Å². The molecule has 0 atom stereocenters. The zero-order valence-electron chi connectivity index (χ0n) is 14.2. The smallest absolute Gasteiger partial charge is 0.264 e. The molecule has 0 aromatic heterocycles. The van der Waals surface area contributed by atoms with Gasteiger partial charge in [0.2, 0.25) is 0 Å². The lowest BCUT2D eigenvalue weighted by Gasteiger charge is -2.36. The van der Waals surface area contributed by atoms with Crippen LogP contribution in [0.1, 0.15) is 41.4 Å². The van der Waals surface area contributed by atoms with E-state index in [1.807, 2.05) is 0 Å². The van der Waals surface area contributed by atoms with Gasteiger partial charge in [-0.25, -0.2) is 9.80 Å². The Balaban J connectivity index is 1.80. The number of hydrogen-bond donors (Lipinski definition) is 0. The van der Waals surface area contributed by atoms with Crippen molar-refractivity contribution in [1.29, 1.82) is 0 Å². The average molecular weight is 349 g/mol. The first kappa shape index (κ1) is 16.2. The molecule has 0 unspecified atom stereocenters. The second-order valence-electron chi connectivity index (χ2n) is 6.36. The highest BCUT2D eigenvalue weighted by atomic mass is 16.2. The molecule has 0 spiro atoms. The van der Waals surface area contributed by atoms with Gasteiger partial charge in [0, 0.05) is 0 Å². The summed E-state index contributed by atoms with van der Waals surface area (Å²) < 4.78 is 0. The van der Waals surface area contributed by atoms with Gasteiger partial charge in [-0.15, -0.1) is 0 Å². The molecule has 0 fully saturated rings. The van der Waals surface area contributed by atoms with E-state index in [9.17, 15) is 19.2 Å². The third-order valence-electron chi connectivity index (χ3n) is 4.57. The highest BCUT2D eigenvalue weighted by Gasteiger charge is 2.49. The van der Waals surface area contributed by atoms with Crippen LogP contribution in [0.15, 0.2) is 48.5 Å². The zero-order chi connectivity index (χ0) is 18.6. The summed E-state index contributed by atoms with van der Waals surface area (Å²) in [6.07, 6.45) is -1.14. The summed E-state index contributed by atoms with van der Waals surface area (Å²) in [6, 6.07) is 12.9. The Labute approximate surface area is 149 Å². The SMILES string of the molecule is CN(C)C(N1C(=O)c2ccccc2C1=O)N1C(=O)c2ccccc2C1=O. The number of nitrogens with zero attached hydrogens (tertiary/aromatic N) is 3. The number of rotatable bonds is 3. The number of carbonyl (C=O) groups is 4. The van der Waals surface area contributed by atoms with Gasteiger partial charge in [-0.05, 0) is 38.4 Å². The normalized spacial score (nSPS) is 16.2. The lowest BCUT2D eigenvalue weighted by molar-refractivity contribution is -0.00671. The largest absolute Gasteiger partial charge is 0.271 e. The summed E-state index contributed by atoms with van der Waals surface area (Å²) in [7, 11) is 3.22. The van der Waals surface area contributed by atoms with Gasteiger partial charge in [-0.1, -0.05) is 24.3 Å². The van der Waals surface area contributed by atoms with Crippen LogP contribution in [0.2, 0.25) is 0 Å². The van der Waals surface area contributed by atoms with E-state index in [1.54, 1.807) is 62.6 Å². The molecule has 2 aromatic rings. The van der Waals surface area contributed by atoms with E-state index in [0.29, 0.717) is 0 Å². The molecule has 0 bridgehead atoms. The number of imide groups is 2. The predicted octanol–water partition coefficient (Wildman–Crippen LogP) is 1.42.